The lowest BCUT2D eigenvalue weighted by molar-refractivity contribution is -0.111. The number of carbonyl (C=O) groups excluding carboxylic acids is 1. The number of fused-ring (bicyclic) bond motifs is 1. The lowest BCUT2D eigenvalue weighted by Crippen LogP contribution is -2.06. The Morgan fingerprint density at radius 2 is 1.91 bits per heavy atom. The zero-order valence-electron chi connectivity index (χ0n) is 18.4. The van der Waals surface area contributed by atoms with E-state index < -0.39 is 9.84 Å². The summed E-state index contributed by atoms with van der Waals surface area (Å²) in [4.78, 5) is 15.9. The summed E-state index contributed by atoms with van der Waals surface area (Å²) >= 11 is 1.57. The van der Waals surface area contributed by atoms with E-state index in [1.54, 1.807) is 41.8 Å². The number of ether oxygens (including phenoxy) is 1. The highest BCUT2D eigenvalue weighted by Gasteiger charge is 2.11. The Bertz CT molecular complexity index is 1440. The predicted molar refractivity (Wildman–Crippen MR) is 138 cm³/mol. The first-order valence-electron chi connectivity index (χ1n) is 10.4. The lowest BCUT2D eigenvalue weighted by Gasteiger charge is -2.08. The first kappa shape index (κ1) is 23.5. The molecule has 2 aromatic carbocycles. The van der Waals surface area contributed by atoms with Crippen molar-refractivity contribution in [3.63, 3.8) is 0 Å². The molecule has 9 heteroatoms. The quantitative estimate of drug-likeness (QED) is 0.297. The maximum atomic E-state index is 11.6. The van der Waals surface area contributed by atoms with Crippen molar-refractivity contribution in [2.75, 3.05) is 22.6 Å². The molecule has 0 saturated carbocycles. The molecule has 4 rings (SSSR count). The van der Waals surface area contributed by atoms with Gasteiger partial charge >= 0.3 is 0 Å². The van der Waals surface area contributed by atoms with Gasteiger partial charge in [-0.2, -0.15) is 0 Å². The molecular weight excluding hydrogens is 470 g/mol. The fourth-order valence-electron chi connectivity index (χ4n) is 3.22. The fraction of sp³-hybridized carbons (Fsp3) is 0.120. The number of sulfone groups is 1. The van der Waals surface area contributed by atoms with E-state index in [1.807, 2.05) is 36.4 Å². The van der Waals surface area contributed by atoms with Gasteiger partial charge in [0.25, 0.3) is 0 Å². The van der Waals surface area contributed by atoms with E-state index >= 15 is 0 Å². The molecular formula is C25H23N3O4S2. The van der Waals surface area contributed by atoms with E-state index in [0.29, 0.717) is 23.7 Å². The number of benzene rings is 2. The smallest absolute Gasteiger partial charge is 0.247 e. The van der Waals surface area contributed by atoms with Gasteiger partial charge in [0.05, 0.1) is 16.1 Å². The molecule has 0 aliphatic rings. The summed E-state index contributed by atoms with van der Waals surface area (Å²) < 4.78 is 29.8. The Morgan fingerprint density at radius 1 is 1.12 bits per heavy atom. The van der Waals surface area contributed by atoms with E-state index in [-0.39, 0.29) is 11.7 Å². The molecule has 34 heavy (non-hydrogen) atoms. The van der Waals surface area contributed by atoms with Crippen LogP contribution in [-0.2, 0) is 21.1 Å². The number of thiophene rings is 1. The summed E-state index contributed by atoms with van der Waals surface area (Å²) in [6, 6.07) is 18.7. The highest BCUT2D eigenvalue weighted by Crippen LogP contribution is 2.37. The van der Waals surface area contributed by atoms with Crippen LogP contribution in [0.15, 0.2) is 79.5 Å². The topological polar surface area (TPSA) is 97.4 Å². The molecule has 0 radical (unpaired) electrons. The SMILES string of the molecule is C=CC(=O)Nc1cccc(Oc2nccc3sc(Nc4ccc(CCS(C)(=O)=O)cc4)cc23)c1. The standard InChI is InChI=1S/C25H23N3O4S2/c1-3-23(29)27-19-5-4-6-20(15-19)32-25-21-16-24(33-22(21)11-13-26-25)28-18-9-7-17(8-10-18)12-14-34(2,30)31/h3-11,13,15-16,28H,1,12,14H2,2H3,(H,27,29). The van der Waals surface area contributed by atoms with Gasteiger partial charge in [-0.15, -0.1) is 11.3 Å². The molecule has 7 nitrogen and oxygen atoms in total. The number of rotatable bonds is 9. The van der Waals surface area contributed by atoms with Gasteiger partial charge in [0.15, 0.2) is 0 Å². The van der Waals surface area contributed by atoms with Gasteiger partial charge in [-0.3, -0.25) is 4.79 Å². The van der Waals surface area contributed by atoms with E-state index in [9.17, 15) is 13.2 Å². The van der Waals surface area contributed by atoms with Crippen LogP contribution in [0.3, 0.4) is 0 Å². The zero-order valence-corrected chi connectivity index (χ0v) is 20.1. The van der Waals surface area contributed by atoms with Crippen molar-refractivity contribution in [3.8, 4) is 11.6 Å². The van der Waals surface area contributed by atoms with Gasteiger partial charge in [0, 0.05) is 34.6 Å². The minimum Gasteiger partial charge on any atom is -0.438 e. The van der Waals surface area contributed by atoms with Crippen molar-refractivity contribution in [1.82, 2.24) is 4.98 Å². The molecule has 174 valence electrons. The molecule has 2 aromatic heterocycles. The summed E-state index contributed by atoms with van der Waals surface area (Å²) in [6.07, 6.45) is 4.64. The van der Waals surface area contributed by atoms with Crippen LogP contribution >= 0.6 is 11.3 Å². The molecule has 0 aliphatic heterocycles. The lowest BCUT2D eigenvalue weighted by atomic mass is 10.1. The molecule has 0 bridgehead atoms. The molecule has 0 saturated heterocycles. The van der Waals surface area contributed by atoms with Crippen LogP contribution in [0.5, 0.6) is 11.6 Å². The van der Waals surface area contributed by atoms with Gasteiger partial charge in [0.1, 0.15) is 15.6 Å². The number of aromatic nitrogens is 1. The molecule has 0 unspecified atom stereocenters. The van der Waals surface area contributed by atoms with Crippen molar-refractivity contribution in [3.05, 3.63) is 85.1 Å². The Morgan fingerprint density at radius 3 is 2.65 bits per heavy atom. The van der Waals surface area contributed by atoms with Crippen molar-refractivity contribution in [2.24, 2.45) is 0 Å². The monoisotopic (exact) mass is 493 g/mol. The average Bonchev–Trinajstić information content (AvgIpc) is 3.22. The van der Waals surface area contributed by atoms with E-state index in [0.717, 1.165) is 26.3 Å². The number of nitrogens with zero attached hydrogens (tertiary/aromatic N) is 1. The minimum atomic E-state index is -2.99. The number of aryl methyl sites for hydroxylation is 1. The van der Waals surface area contributed by atoms with Crippen molar-refractivity contribution < 1.29 is 17.9 Å². The van der Waals surface area contributed by atoms with Gasteiger partial charge in [0.2, 0.25) is 11.8 Å². The normalized spacial score (nSPS) is 11.2. The largest absolute Gasteiger partial charge is 0.438 e. The van der Waals surface area contributed by atoms with Crippen molar-refractivity contribution in [1.29, 1.82) is 0 Å². The number of amides is 1. The first-order chi connectivity index (χ1) is 16.3. The van der Waals surface area contributed by atoms with Crippen LogP contribution in [-0.4, -0.2) is 31.3 Å². The van der Waals surface area contributed by atoms with Gasteiger partial charge in [-0.1, -0.05) is 24.8 Å². The number of carbonyl (C=O) groups is 1. The first-order valence-corrected chi connectivity index (χ1v) is 13.3. The van der Waals surface area contributed by atoms with Crippen LogP contribution in [0.4, 0.5) is 16.4 Å². The van der Waals surface area contributed by atoms with Crippen LogP contribution in [0.25, 0.3) is 10.1 Å². The van der Waals surface area contributed by atoms with E-state index in [2.05, 4.69) is 22.2 Å². The molecule has 0 aliphatic carbocycles. The summed E-state index contributed by atoms with van der Waals surface area (Å²) in [5, 5.41) is 7.87. The van der Waals surface area contributed by atoms with Crippen LogP contribution < -0.4 is 15.4 Å². The Kier molecular flexibility index (Phi) is 6.95. The van der Waals surface area contributed by atoms with Crippen LogP contribution in [0.2, 0.25) is 0 Å². The zero-order chi connectivity index (χ0) is 24.1. The maximum Gasteiger partial charge on any atom is 0.247 e. The number of pyridine rings is 1. The molecule has 0 fully saturated rings. The third-order valence-corrected chi connectivity index (χ3v) is 6.85. The highest BCUT2D eigenvalue weighted by atomic mass is 32.2. The van der Waals surface area contributed by atoms with Crippen molar-refractivity contribution in [2.45, 2.75) is 6.42 Å². The van der Waals surface area contributed by atoms with E-state index in [4.69, 9.17) is 4.74 Å². The van der Waals surface area contributed by atoms with Gasteiger partial charge < -0.3 is 15.4 Å². The molecule has 4 aromatic rings. The maximum absolute atomic E-state index is 11.6. The summed E-state index contributed by atoms with van der Waals surface area (Å²) in [7, 11) is -2.99. The predicted octanol–water partition coefficient (Wildman–Crippen LogP) is 5.54. The molecule has 2 heterocycles. The number of hydrogen-bond acceptors (Lipinski definition) is 7. The van der Waals surface area contributed by atoms with Gasteiger partial charge in [-0.05, 0) is 54.5 Å². The second kappa shape index (κ2) is 10.1. The van der Waals surface area contributed by atoms with Crippen LogP contribution in [0, 0.1) is 0 Å². The summed E-state index contributed by atoms with van der Waals surface area (Å²) in [6.45, 7) is 3.45. The molecule has 1 amide bonds. The second-order valence-electron chi connectivity index (χ2n) is 7.66. The van der Waals surface area contributed by atoms with Crippen molar-refractivity contribution >= 4 is 53.5 Å². The number of hydrogen-bond donors (Lipinski definition) is 2. The fourth-order valence-corrected chi connectivity index (χ4v) is 4.80. The molecule has 0 atom stereocenters. The second-order valence-corrected chi connectivity index (χ2v) is 11.0. The average molecular weight is 494 g/mol. The number of nitrogens with one attached hydrogen (secondary N) is 2. The summed E-state index contributed by atoms with van der Waals surface area (Å²) in [5.41, 5.74) is 2.47. The Hall–Kier alpha value is -3.69. The summed E-state index contributed by atoms with van der Waals surface area (Å²) in [5.74, 6) is 0.849. The third kappa shape index (κ3) is 6.21. The van der Waals surface area contributed by atoms with E-state index in [1.165, 1.54) is 12.3 Å². The molecule has 2 N–H and O–H groups in total. The minimum absolute atomic E-state index is 0.134. The third-order valence-electron chi connectivity index (χ3n) is 4.89. The Labute approximate surface area is 202 Å². The number of anilines is 3. The van der Waals surface area contributed by atoms with Crippen LogP contribution in [0.1, 0.15) is 5.56 Å². The highest BCUT2D eigenvalue weighted by molar-refractivity contribution is 7.90. The van der Waals surface area contributed by atoms with Gasteiger partial charge in [-0.25, -0.2) is 13.4 Å². The Balaban J connectivity index is 1.49. The molecule has 0 spiro atoms.